The summed E-state index contributed by atoms with van der Waals surface area (Å²) in [5, 5.41) is 0. The fourth-order valence-corrected chi connectivity index (χ4v) is 2.59. The Bertz CT molecular complexity index is 438. The standard InChI is InChI=1S/C12H17FN4/c1-2-9-10(13)11(16-7-15-9)17-5-12(14,6-17)8-3-4-8/h7-8H,2-6,14H2,1H3. The first-order valence-corrected chi connectivity index (χ1v) is 6.17. The molecule has 2 N–H and O–H groups in total. The fraction of sp³-hybridized carbons (Fsp3) is 0.667. The van der Waals surface area contributed by atoms with E-state index in [1.807, 2.05) is 11.8 Å². The third-order valence-corrected chi connectivity index (χ3v) is 3.84. The number of hydrogen-bond donors (Lipinski definition) is 1. The zero-order valence-corrected chi connectivity index (χ0v) is 9.99. The van der Waals surface area contributed by atoms with Gasteiger partial charge in [-0.3, -0.25) is 0 Å². The number of anilines is 1. The molecule has 0 aromatic carbocycles. The largest absolute Gasteiger partial charge is 0.350 e. The number of hydrogen-bond acceptors (Lipinski definition) is 4. The topological polar surface area (TPSA) is 55.0 Å². The van der Waals surface area contributed by atoms with E-state index in [-0.39, 0.29) is 11.4 Å². The Balaban J connectivity index is 1.78. The highest BCUT2D eigenvalue weighted by Gasteiger charge is 2.51. The van der Waals surface area contributed by atoms with Gasteiger partial charge in [-0.05, 0) is 25.2 Å². The summed E-state index contributed by atoms with van der Waals surface area (Å²) in [7, 11) is 0. The molecular weight excluding hydrogens is 219 g/mol. The van der Waals surface area contributed by atoms with Gasteiger partial charge in [0.1, 0.15) is 6.33 Å². The van der Waals surface area contributed by atoms with Gasteiger partial charge in [0.25, 0.3) is 0 Å². The van der Waals surface area contributed by atoms with E-state index in [1.54, 1.807) is 0 Å². The molecule has 3 rings (SSSR count). The number of aromatic nitrogens is 2. The monoisotopic (exact) mass is 236 g/mol. The van der Waals surface area contributed by atoms with Crippen LogP contribution in [0.2, 0.25) is 0 Å². The summed E-state index contributed by atoms with van der Waals surface area (Å²) >= 11 is 0. The van der Waals surface area contributed by atoms with Gasteiger partial charge in [-0.2, -0.15) is 0 Å². The number of nitrogens with two attached hydrogens (primary N) is 1. The Labute approximate surface area is 100 Å². The molecule has 4 nitrogen and oxygen atoms in total. The van der Waals surface area contributed by atoms with Crippen LogP contribution in [0, 0.1) is 11.7 Å². The van der Waals surface area contributed by atoms with Gasteiger partial charge in [0.15, 0.2) is 11.6 Å². The average molecular weight is 236 g/mol. The highest BCUT2D eigenvalue weighted by molar-refractivity contribution is 5.47. The van der Waals surface area contributed by atoms with Crippen molar-refractivity contribution < 1.29 is 4.39 Å². The first kappa shape index (κ1) is 10.9. The highest BCUT2D eigenvalue weighted by atomic mass is 19.1. The van der Waals surface area contributed by atoms with Crippen LogP contribution in [0.1, 0.15) is 25.5 Å². The number of rotatable bonds is 3. The van der Waals surface area contributed by atoms with Crippen molar-refractivity contribution in [2.45, 2.75) is 31.7 Å². The first-order chi connectivity index (χ1) is 8.14. The zero-order chi connectivity index (χ0) is 12.0. The van der Waals surface area contributed by atoms with E-state index in [4.69, 9.17) is 5.73 Å². The summed E-state index contributed by atoms with van der Waals surface area (Å²) in [5.74, 6) is 0.765. The molecule has 1 aliphatic carbocycles. The third-order valence-electron chi connectivity index (χ3n) is 3.84. The average Bonchev–Trinajstić information content (AvgIpc) is 3.09. The molecule has 2 aliphatic rings. The van der Waals surface area contributed by atoms with Gasteiger partial charge in [0.2, 0.25) is 0 Å². The van der Waals surface area contributed by atoms with Crippen LogP contribution in [-0.4, -0.2) is 28.6 Å². The Morgan fingerprint density at radius 1 is 1.47 bits per heavy atom. The molecule has 0 bridgehead atoms. The second-order valence-corrected chi connectivity index (χ2v) is 5.18. The molecule has 1 aromatic heterocycles. The van der Waals surface area contributed by atoms with Gasteiger partial charge < -0.3 is 10.6 Å². The van der Waals surface area contributed by atoms with Crippen molar-refractivity contribution in [3.05, 3.63) is 17.8 Å². The smallest absolute Gasteiger partial charge is 0.187 e. The second-order valence-electron chi connectivity index (χ2n) is 5.18. The van der Waals surface area contributed by atoms with Crippen LogP contribution in [0.25, 0.3) is 0 Å². The minimum absolute atomic E-state index is 0.107. The number of nitrogens with zero attached hydrogens (tertiary/aromatic N) is 3. The Morgan fingerprint density at radius 2 is 2.18 bits per heavy atom. The van der Waals surface area contributed by atoms with Gasteiger partial charge in [0.05, 0.1) is 11.2 Å². The van der Waals surface area contributed by atoms with E-state index < -0.39 is 0 Å². The SMILES string of the molecule is CCc1ncnc(N2CC(N)(C3CC3)C2)c1F. The quantitative estimate of drug-likeness (QED) is 0.854. The molecule has 0 radical (unpaired) electrons. The van der Waals surface area contributed by atoms with Crippen LogP contribution < -0.4 is 10.6 Å². The molecule has 0 atom stereocenters. The van der Waals surface area contributed by atoms with Crippen LogP contribution in [0.3, 0.4) is 0 Å². The maximum atomic E-state index is 14.0. The fourth-order valence-electron chi connectivity index (χ4n) is 2.59. The van der Waals surface area contributed by atoms with Gasteiger partial charge in [0, 0.05) is 13.1 Å². The van der Waals surface area contributed by atoms with Crippen LogP contribution in [0.5, 0.6) is 0 Å². The Kier molecular flexibility index (Phi) is 2.33. The molecule has 5 heteroatoms. The van der Waals surface area contributed by atoms with E-state index >= 15 is 0 Å². The summed E-state index contributed by atoms with van der Waals surface area (Å²) in [6, 6.07) is 0. The van der Waals surface area contributed by atoms with Crippen molar-refractivity contribution in [3.8, 4) is 0 Å². The lowest BCUT2D eigenvalue weighted by Gasteiger charge is -2.49. The number of aryl methyl sites for hydroxylation is 1. The van der Waals surface area contributed by atoms with Crippen molar-refractivity contribution in [1.82, 2.24) is 9.97 Å². The van der Waals surface area contributed by atoms with Gasteiger partial charge in [-0.1, -0.05) is 6.92 Å². The molecule has 92 valence electrons. The molecule has 1 aromatic rings. The third kappa shape index (κ3) is 1.69. The van der Waals surface area contributed by atoms with Crippen LogP contribution in [0.15, 0.2) is 6.33 Å². The summed E-state index contributed by atoms with van der Waals surface area (Å²) in [6.07, 6.45) is 4.46. The van der Waals surface area contributed by atoms with E-state index in [0.717, 1.165) is 13.1 Å². The summed E-state index contributed by atoms with van der Waals surface area (Å²) in [5.41, 5.74) is 6.62. The first-order valence-electron chi connectivity index (χ1n) is 6.17. The molecule has 0 unspecified atom stereocenters. The van der Waals surface area contributed by atoms with Crippen LogP contribution in [0.4, 0.5) is 10.2 Å². The summed E-state index contributed by atoms with van der Waals surface area (Å²) in [6.45, 7) is 3.33. The predicted molar refractivity (Wildman–Crippen MR) is 63.2 cm³/mol. The lowest BCUT2D eigenvalue weighted by molar-refractivity contribution is 0.286. The van der Waals surface area contributed by atoms with E-state index in [1.165, 1.54) is 19.2 Å². The van der Waals surface area contributed by atoms with Crippen molar-refractivity contribution in [2.75, 3.05) is 18.0 Å². The Hall–Kier alpha value is -1.23. The van der Waals surface area contributed by atoms with Crippen molar-refractivity contribution in [3.63, 3.8) is 0 Å². The summed E-state index contributed by atoms with van der Waals surface area (Å²) < 4.78 is 14.0. The molecule has 17 heavy (non-hydrogen) atoms. The summed E-state index contributed by atoms with van der Waals surface area (Å²) in [4.78, 5) is 9.90. The molecule has 1 aliphatic heterocycles. The lowest BCUT2D eigenvalue weighted by Crippen LogP contribution is -2.69. The van der Waals surface area contributed by atoms with Crippen molar-refractivity contribution >= 4 is 5.82 Å². The highest BCUT2D eigenvalue weighted by Crippen LogP contribution is 2.44. The van der Waals surface area contributed by atoms with Crippen molar-refractivity contribution in [1.29, 1.82) is 0 Å². The minimum Gasteiger partial charge on any atom is -0.350 e. The van der Waals surface area contributed by atoms with E-state index in [0.29, 0.717) is 23.9 Å². The van der Waals surface area contributed by atoms with E-state index in [9.17, 15) is 4.39 Å². The maximum absolute atomic E-state index is 14.0. The minimum atomic E-state index is -0.284. The molecular formula is C12H17FN4. The van der Waals surface area contributed by atoms with Crippen LogP contribution in [-0.2, 0) is 6.42 Å². The zero-order valence-electron chi connectivity index (χ0n) is 9.99. The molecule has 1 saturated heterocycles. The van der Waals surface area contributed by atoms with Gasteiger partial charge in [-0.15, -0.1) is 0 Å². The number of halogens is 1. The molecule has 2 fully saturated rings. The van der Waals surface area contributed by atoms with Gasteiger partial charge >= 0.3 is 0 Å². The molecule has 0 amide bonds. The normalized spacial score (nSPS) is 22.4. The molecule has 2 heterocycles. The Morgan fingerprint density at radius 3 is 2.76 bits per heavy atom. The second kappa shape index (κ2) is 3.63. The van der Waals surface area contributed by atoms with Crippen LogP contribution >= 0.6 is 0 Å². The maximum Gasteiger partial charge on any atom is 0.187 e. The van der Waals surface area contributed by atoms with Crippen molar-refractivity contribution in [2.24, 2.45) is 11.7 Å². The van der Waals surface area contributed by atoms with Gasteiger partial charge in [-0.25, -0.2) is 14.4 Å². The molecule has 0 spiro atoms. The predicted octanol–water partition coefficient (Wildman–Crippen LogP) is 1.11. The van der Waals surface area contributed by atoms with E-state index in [2.05, 4.69) is 9.97 Å². The molecule has 1 saturated carbocycles. The lowest BCUT2D eigenvalue weighted by atomic mass is 9.86.